The monoisotopic (exact) mass is 148 g/mol. The number of esters is 1. The van der Waals surface area contributed by atoms with Crippen LogP contribution in [-0.2, 0) is 9.53 Å². The molecule has 1 heterocycles. The summed E-state index contributed by atoms with van der Waals surface area (Å²) >= 11 is 5.44. The highest BCUT2D eigenvalue weighted by Crippen LogP contribution is 2.17. The van der Waals surface area contributed by atoms with E-state index < -0.39 is 0 Å². The first-order valence-corrected chi connectivity index (χ1v) is 3.60. The molecule has 0 spiro atoms. The van der Waals surface area contributed by atoms with Crippen molar-refractivity contribution in [3.05, 3.63) is 0 Å². The van der Waals surface area contributed by atoms with Crippen molar-refractivity contribution in [2.75, 3.05) is 12.5 Å². The van der Waals surface area contributed by atoms with Crippen LogP contribution in [0.5, 0.6) is 0 Å². The van der Waals surface area contributed by atoms with E-state index >= 15 is 0 Å². The molecule has 0 aromatic carbocycles. The van der Waals surface area contributed by atoms with Gasteiger partial charge in [-0.15, -0.1) is 11.6 Å². The van der Waals surface area contributed by atoms with Gasteiger partial charge in [0.15, 0.2) is 0 Å². The molecule has 2 nitrogen and oxygen atoms in total. The zero-order chi connectivity index (χ0) is 6.69. The summed E-state index contributed by atoms with van der Waals surface area (Å²) < 4.78 is 4.72. The molecule has 0 aromatic heterocycles. The lowest BCUT2D eigenvalue weighted by atomic mass is 10.1. The summed E-state index contributed by atoms with van der Waals surface area (Å²) in [5.41, 5.74) is 0. The Labute approximate surface area is 59.1 Å². The van der Waals surface area contributed by atoms with Crippen LogP contribution in [0.1, 0.15) is 12.8 Å². The molecule has 0 aliphatic carbocycles. The van der Waals surface area contributed by atoms with E-state index in [9.17, 15) is 4.79 Å². The van der Waals surface area contributed by atoms with E-state index in [4.69, 9.17) is 16.3 Å². The normalized spacial score (nSPS) is 26.3. The lowest BCUT2D eigenvalue weighted by Gasteiger charge is -1.98. The van der Waals surface area contributed by atoms with Crippen LogP contribution in [0.25, 0.3) is 0 Å². The highest BCUT2D eigenvalue weighted by Gasteiger charge is 2.25. The van der Waals surface area contributed by atoms with E-state index in [2.05, 4.69) is 0 Å². The van der Waals surface area contributed by atoms with E-state index in [-0.39, 0.29) is 11.9 Å². The van der Waals surface area contributed by atoms with Gasteiger partial charge in [0.25, 0.3) is 0 Å². The molecule has 0 aromatic rings. The largest absolute Gasteiger partial charge is 0.465 e. The summed E-state index contributed by atoms with van der Waals surface area (Å²) in [7, 11) is 0. The zero-order valence-corrected chi connectivity index (χ0v) is 5.86. The van der Waals surface area contributed by atoms with Gasteiger partial charge in [-0.05, 0) is 12.8 Å². The van der Waals surface area contributed by atoms with Crippen molar-refractivity contribution in [1.29, 1.82) is 0 Å². The minimum absolute atomic E-state index is 0.0735. The maximum atomic E-state index is 10.7. The van der Waals surface area contributed by atoms with Crippen molar-refractivity contribution in [1.82, 2.24) is 0 Å². The van der Waals surface area contributed by atoms with Crippen LogP contribution in [-0.4, -0.2) is 18.5 Å². The van der Waals surface area contributed by atoms with Gasteiger partial charge in [-0.3, -0.25) is 4.79 Å². The van der Waals surface area contributed by atoms with Crippen molar-refractivity contribution in [3.8, 4) is 0 Å². The Kier molecular flexibility index (Phi) is 2.34. The van der Waals surface area contributed by atoms with Crippen LogP contribution in [0.15, 0.2) is 0 Å². The smallest absolute Gasteiger partial charge is 0.309 e. The fourth-order valence-corrected chi connectivity index (χ4v) is 1.19. The first-order valence-electron chi connectivity index (χ1n) is 3.07. The number of hydrogen-bond acceptors (Lipinski definition) is 2. The second kappa shape index (κ2) is 3.06. The molecular formula is C6H9ClO2. The molecule has 0 N–H and O–H groups in total. The highest BCUT2D eigenvalue weighted by molar-refractivity contribution is 6.17. The number of ether oxygens (including phenoxy) is 1. The van der Waals surface area contributed by atoms with Gasteiger partial charge in [-0.25, -0.2) is 0 Å². The summed E-state index contributed by atoms with van der Waals surface area (Å²) in [6.07, 6.45) is 1.62. The topological polar surface area (TPSA) is 26.3 Å². The molecule has 52 valence electrons. The molecule has 1 saturated heterocycles. The number of rotatable bonds is 2. The average molecular weight is 149 g/mol. The molecule has 1 unspecified atom stereocenters. The molecule has 3 heteroatoms. The second-order valence-electron chi connectivity index (χ2n) is 2.13. The summed E-state index contributed by atoms with van der Waals surface area (Å²) in [6.45, 7) is 0.584. The third-order valence-corrected chi connectivity index (χ3v) is 1.72. The molecule has 0 bridgehead atoms. The molecule has 1 rings (SSSR count). The molecule has 0 amide bonds. The predicted octanol–water partition coefficient (Wildman–Crippen LogP) is 1.18. The fourth-order valence-electron chi connectivity index (χ4n) is 0.931. The number of carbonyl (C=O) groups is 1. The SMILES string of the molecule is O=C1OCCC1CCCl. The Morgan fingerprint density at radius 1 is 1.78 bits per heavy atom. The van der Waals surface area contributed by atoms with Gasteiger partial charge in [-0.2, -0.15) is 0 Å². The maximum Gasteiger partial charge on any atom is 0.309 e. The summed E-state index contributed by atoms with van der Waals surface area (Å²) in [4.78, 5) is 10.7. The van der Waals surface area contributed by atoms with E-state index in [0.717, 1.165) is 12.8 Å². The van der Waals surface area contributed by atoms with Crippen LogP contribution in [0.3, 0.4) is 0 Å². The summed E-state index contributed by atoms with van der Waals surface area (Å²) in [5.74, 6) is 0.568. The second-order valence-corrected chi connectivity index (χ2v) is 2.51. The first kappa shape index (κ1) is 6.87. The Morgan fingerprint density at radius 2 is 2.56 bits per heavy atom. The van der Waals surface area contributed by atoms with Crippen molar-refractivity contribution >= 4 is 17.6 Å². The van der Waals surface area contributed by atoms with Crippen molar-refractivity contribution in [2.24, 2.45) is 5.92 Å². The Morgan fingerprint density at radius 3 is 3.00 bits per heavy atom. The van der Waals surface area contributed by atoms with E-state index in [1.165, 1.54) is 0 Å². The standard InChI is InChI=1S/C6H9ClO2/c7-3-1-5-2-4-9-6(5)8/h5H,1-4H2. The van der Waals surface area contributed by atoms with Gasteiger partial charge in [-0.1, -0.05) is 0 Å². The Bertz CT molecular complexity index is 114. The van der Waals surface area contributed by atoms with Gasteiger partial charge in [0.05, 0.1) is 12.5 Å². The lowest BCUT2D eigenvalue weighted by Crippen LogP contribution is -2.07. The maximum absolute atomic E-state index is 10.7. The molecule has 1 aliphatic heterocycles. The minimum atomic E-state index is -0.0735. The molecule has 9 heavy (non-hydrogen) atoms. The van der Waals surface area contributed by atoms with Gasteiger partial charge < -0.3 is 4.74 Å². The number of cyclic esters (lactones) is 1. The van der Waals surface area contributed by atoms with Crippen LogP contribution < -0.4 is 0 Å². The predicted molar refractivity (Wildman–Crippen MR) is 34.4 cm³/mol. The van der Waals surface area contributed by atoms with Crippen LogP contribution in [0.4, 0.5) is 0 Å². The van der Waals surface area contributed by atoms with Crippen LogP contribution in [0, 0.1) is 5.92 Å². The van der Waals surface area contributed by atoms with E-state index in [0.29, 0.717) is 12.5 Å². The molecule has 1 aliphatic rings. The third kappa shape index (κ3) is 1.58. The molecule has 0 saturated carbocycles. The van der Waals surface area contributed by atoms with Gasteiger partial charge in [0.2, 0.25) is 0 Å². The van der Waals surface area contributed by atoms with E-state index in [1.807, 2.05) is 0 Å². The van der Waals surface area contributed by atoms with Crippen molar-refractivity contribution in [3.63, 3.8) is 0 Å². The molecule has 1 atom stereocenters. The molecule has 1 fully saturated rings. The number of alkyl halides is 1. The highest BCUT2D eigenvalue weighted by atomic mass is 35.5. The third-order valence-electron chi connectivity index (χ3n) is 1.50. The zero-order valence-electron chi connectivity index (χ0n) is 5.10. The average Bonchev–Trinajstić information content (AvgIpc) is 2.18. The van der Waals surface area contributed by atoms with Gasteiger partial charge in [0, 0.05) is 5.88 Å². The minimum Gasteiger partial charge on any atom is -0.465 e. The number of carbonyl (C=O) groups excluding carboxylic acids is 1. The quantitative estimate of drug-likeness (QED) is 0.434. The van der Waals surface area contributed by atoms with Crippen LogP contribution >= 0.6 is 11.6 Å². The number of halogens is 1. The molecular weight excluding hydrogens is 140 g/mol. The fraction of sp³-hybridized carbons (Fsp3) is 0.833. The van der Waals surface area contributed by atoms with Crippen LogP contribution in [0.2, 0.25) is 0 Å². The summed E-state index contributed by atoms with van der Waals surface area (Å²) in [5, 5.41) is 0. The van der Waals surface area contributed by atoms with Gasteiger partial charge in [0.1, 0.15) is 0 Å². The lowest BCUT2D eigenvalue weighted by molar-refractivity contribution is -0.141. The summed E-state index contributed by atoms with van der Waals surface area (Å²) in [6, 6.07) is 0. The van der Waals surface area contributed by atoms with Gasteiger partial charge >= 0.3 is 5.97 Å². The molecule has 0 radical (unpaired) electrons. The first-order chi connectivity index (χ1) is 4.34. The Balaban J connectivity index is 2.31. The van der Waals surface area contributed by atoms with Crippen molar-refractivity contribution < 1.29 is 9.53 Å². The number of hydrogen-bond donors (Lipinski definition) is 0. The Hall–Kier alpha value is -0.240. The van der Waals surface area contributed by atoms with Crippen molar-refractivity contribution in [2.45, 2.75) is 12.8 Å². The van der Waals surface area contributed by atoms with E-state index in [1.54, 1.807) is 0 Å².